The van der Waals surface area contributed by atoms with Crippen LogP contribution in [-0.2, 0) is 28.7 Å². The monoisotopic (exact) mass is 668 g/mol. The molecule has 0 heterocycles. The molecule has 0 aliphatic heterocycles. The zero-order valence-corrected chi connectivity index (χ0v) is 27.6. The van der Waals surface area contributed by atoms with E-state index in [1.807, 2.05) is 0 Å². The van der Waals surface area contributed by atoms with Gasteiger partial charge in [-0.2, -0.15) is 0 Å². The SMILES string of the molecule is C=CC(=O)OCCCCOc1ccc(OC(=O)C2CCC(C(=O)Oc3ccc(OCCCCOC(=O)C=C)cc3OC)CC2)c(OC)c1. The van der Waals surface area contributed by atoms with Gasteiger partial charge in [0, 0.05) is 24.3 Å². The van der Waals surface area contributed by atoms with Crippen LogP contribution in [0.1, 0.15) is 51.4 Å². The number of carbonyl (C=O) groups is 4. The number of benzene rings is 2. The second kappa shape index (κ2) is 20.3. The van der Waals surface area contributed by atoms with Crippen LogP contribution in [0, 0.1) is 11.8 Å². The van der Waals surface area contributed by atoms with E-state index in [1.54, 1.807) is 36.4 Å². The smallest absolute Gasteiger partial charge is 0.330 e. The van der Waals surface area contributed by atoms with Crippen LogP contribution in [0.25, 0.3) is 0 Å². The first-order valence-electron chi connectivity index (χ1n) is 15.9. The van der Waals surface area contributed by atoms with E-state index in [2.05, 4.69) is 13.2 Å². The van der Waals surface area contributed by atoms with Crippen LogP contribution in [0.15, 0.2) is 61.7 Å². The van der Waals surface area contributed by atoms with E-state index in [9.17, 15) is 19.2 Å². The molecule has 0 atom stereocenters. The second-order valence-electron chi connectivity index (χ2n) is 10.9. The highest BCUT2D eigenvalue weighted by Gasteiger charge is 2.33. The van der Waals surface area contributed by atoms with Crippen LogP contribution in [-0.4, -0.2) is 64.5 Å². The molecule has 260 valence electrons. The Kier molecular flexibility index (Phi) is 15.8. The maximum atomic E-state index is 13.0. The highest BCUT2D eigenvalue weighted by molar-refractivity contribution is 5.81. The molecule has 0 N–H and O–H groups in total. The minimum atomic E-state index is -0.455. The lowest BCUT2D eigenvalue weighted by molar-refractivity contribution is -0.145. The number of hydrogen-bond acceptors (Lipinski definition) is 12. The Balaban J connectivity index is 1.41. The summed E-state index contributed by atoms with van der Waals surface area (Å²) in [6, 6.07) is 9.91. The molecule has 1 saturated carbocycles. The molecule has 3 rings (SSSR count). The molecule has 1 fully saturated rings. The summed E-state index contributed by atoms with van der Waals surface area (Å²) in [5, 5.41) is 0. The normalized spacial score (nSPS) is 15.3. The van der Waals surface area contributed by atoms with Crippen LogP contribution in [0.3, 0.4) is 0 Å². The Hall–Kier alpha value is -5.00. The van der Waals surface area contributed by atoms with Gasteiger partial charge < -0.3 is 37.9 Å². The van der Waals surface area contributed by atoms with Crippen LogP contribution in [0.2, 0.25) is 0 Å². The van der Waals surface area contributed by atoms with Crippen molar-refractivity contribution >= 4 is 23.9 Å². The quantitative estimate of drug-likeness (QED) is 0.0729. The minimum Gasteiger partial charge on any atom is -0.493 e. The van der Waals surface area contributed by atoms with Crippen molar-refractivity contribution in [1.82, 2.24) is 0 Å². The van der Waals surface area contributed by atoms with Crippen LogP contribution >= 0.6 is 0 Å². The number of ether oxygens (including phenoxy) is 8. The van der Waals surface area contributed by atoms with Gasteiger partial charge in [0.15, 0.2) is 23.0 Å². The van der Waals surface area contributed by atoms with E-state index in [4.69, 9.17) is 37.9 Å². The number of unbranched alkanes of at least 4 members (excludes halogenated alkanes) is 2. The van der Waals surface area contributed by atoms with Gasteiger partial charge in [0.25, 0.3) is 0 Å². The van der Waals surface area contributed by atoms with Crippen LogP contribution < -0.4 is 28.4 Å². The average Bonchev–Trinajstić information content (AvgIpc) is 3.11. The van der Waals surface area contributed by atoms with Gasteiger partial charge in [-0.3, -0.25) is 9.59 Å². The van der Waals surface area contributed by atoms with Gasteiger partial charge in [-0.1, -0.05) is 13.2 Å². The Morgan fingerprint density at radius 3 is 1.33 bits per heavy atom. The van der Waals surface area contributed by atoms with Crippen molar-refractivity contribution in [2.75, 3.05) is 40.6 Å². The van der Waals surface area contributed by atoms with Crippen molar-refractivity contribution in [3.05, 3.63) is 61.7 Å². The largest absolute Gasteiger partial charge is 0.493 e. The van der Waals surface area contributed by atoms with Crippen molar-refractivity contribution in [1.29, 1.82) is 0 Å². The third kappa shape index (κ3) is 12.3. The Morgan fingerprint density at radius 2 is 0.979 bits per heavy atom. The highest BCUT2D eigenvalue weighted by atomic mass is 16.6. The molecule has 0 saturated heterocycles. The van der Waals surface area contributed by atoms with Crippen molar-refractivity contribution in [3.63, 3.8) is 0 Å². The van der Waals surface area contributed by atoms with E-state index in [0.29, 0.717) is 87.6 Å². The minimum absolute atomic E-state index is 0.279. The van der Waals surface area contributed by atoms with Gasteiger partial charge in [-0.15, -0.1) is 0 Å². The average molecular weight is 669 g/mol. The van der Waals surface area contributed by atoms with Crippen molar-refractivity contribution in [2.24, 2.45) is 11.8 Å². The summed E-state index contributed by atoms with van der Waals surface area (Å²) >= 11 is 0. The lowest BCUT2D eigenvalue weighted by Gasteiger charge is -2.26. The van der Waals surface area contributed by atoms with E-state index in [1.165, 1.54) is 14.2 Å². The molecule has 0 bridgehead atoms. The molecule has 2 aromatic rings. The first-order chi connectivity index (χ1) is 23.3. The van der Waals surface area contributed by atoms with E-state index < -0.39 is 23.9 Å². The topological polar surface area (TPSA) is 142 Å². The van der Waals surface area contributed by atoms with Gasteiger partial charge in [0.05, 0.1) is 52.5 Å². The predicted octanol–water partition coefficient (Wildman–Crippen LogP) is 5.80. The van der Waals surface area contributed by atoms with Crippen molar-refractivity contribution < 1.29 is 57.1 Å². The summed E-state index contributed by atoms with van der Waals surface area (Å²) in [4.78, 5) is 48.1. The molecule has 0 aromatic heterocycles. The maximum absolute atomic E-state index is 13.0. The number of hydrogen-bond donors (Lipinski definition) is 0. The second-order valence-corrected chi connectivity index (χ2v) is 10.9. The number of carbonyl (C=O) groups excluding carboxylic acids is 4. The fourth-order valence-corrected chi connectivity index (χ4v) is 4.84. The number of esters is 4. The molecule has 2 aromatic carbocycles. The fourth-order valence-electron chi connectivity index (χ4n) is 4.84. The van der Waals surface area contributed by atoms with Gasteiger partial charge in [-0.25, -0.2) is 9.59 Å². The predicted molar refractivity (Wildman–Crippen MR) is 174 cm³/mol. The molecule has 0 amide bonds. The highest BCUT2D eigenvalue weighted by Crippen LogP contribution is 2.37. The fraction of sp³-hybridized carbons (Fsp3) is 0.444. The Labute approximate surface area is 280 Å². The molecule has 1 aliphatic rings. The Morgan fingerprint density at radius 1 is 0.604 bits per heavy atom. The van der Waals surface area contributed by atoms with Gasteiger partial charge in [-0.05, 0) is 75.6 Å². The molecule has 0 spiro atoms. The zero-order valence-electron chi connectivity index (χ0n) is 27.6. The molecular weight excluding hydrogens is 624 g/mol. The lowest BCUT2D eigenvalue weighted by atomic mass is 9.82. The van der Waals surface area contributed by atoms with Gasteiger partial charge >= 0.3 is 23.9 Å². The van der Waals surface area contributed by atoms with Gasteiger partial charge in [0.1, 0.15) is 11.5 Å². The summed E-state index contributed by atoms with van der Waals surface area (Å²) in [7, 11) is 2.96. The van der Waals surface area contributed by atoms with Crippen molar-refractivity contribution in [3.8, 4) is 34.5 Å². The van der Waals surface area contributed by atoms with Gasteiger partial charge in [0.2, 0.25) is 0 Å². The summed E-state index contributed by atoms with van der Waals surface area (Å²) in [5.74, 6) is -0.0633. The van der Waals surface area contributed by atoms with Crippen LogP contribution in [0.5, 0.6) is 34.5 Å². The van der Waals surface area contributed by atoms with Crippen molar-refractivity contribution in [2.45, 2.75) is 51.4 Å². The zero-order chi connectivity index (χ0) is 34.7. The van der Waals surface area contributed by atoms with E-state index in [-0.39, 0.29) is 36.5 Å². The molecule has 12 heteroatoms. The number of methoxy groups -OCH3 is 2. The molecule has 0 unspecified atom stereocenters. The third-order valence-corrected chi connectivity index (χ3v) is 7.52. The standard InChI is InChI=1S/C36H44O12/c1-5-33(37)45-21-9-7-19-43-27-15-17-29(31(23-27)41-3)47-35(39)25-11-13-26(14-12-25)36(40)48-30-18-16-28(24-32(30)42-4)44-20-8-10-22-46-34(38)6-2/h5-6,15-18,23-26H,1-2,7-14,19-22H2,3-4H3. The van der Waals surface area contributed by atoms with E-state index >= 15 is 0 Å². The maximum Gasteiger partial charge on any atom is 0.330 e. The molecule has 48 heavy (non-hydrogen) atoms. The summed E-state index contributed by atoms with van der Waals surface area (Å²) in [5.41, 5.74) is 0. The number of rotatable bonds is 20. The Bertz CT molecular complexity index is 1290. The third-order valence-electron chi connectivity index (χ3n) is 7.52. The van der Waals surface area contributed by atoms with E-state index in [0.717, 1.165) is 12.2 Å². The summed E-state index contributed by atoms with van der Waals surface area (Å²) < 4.78 is 43.5. The first-order valence-corrected chi connectivity index (χ1v) is 15.9. The van der Waals surface area contributed by atoms with Crippen LogP contribution in [0.4, 0.5) is 0 Å². The summed E-state index contributed by atoms with van der Waals surface area (Å²) in [6.07, 6.45) is 6.77. The molecule has 1 aliphatic carbocycles. The lowest BCUT2D eigenvalue weighted by Crippen LogP contribution is -2.30. The molecule has 0 radical (unpaired) electrons. The first kappa shape index (κ1) is 37.5. The molecule has 12 nitrogen and oxygen atoms in total. The molecular formula is C36H44O12. The summed E-state index contributed by atoms with van der Waals surface area (Å²) in [6.45, 7) is 8.10.